The summed E-state index contributed by atoms with van der Waals surface area (Å²) in [6.45, 7) is 0.623. The average Bonchev–Trinajstić information content (AvgIpc) is 2.65. The topological polar surface area (TPSA) is 70.7 Å². The first-order valence-electron chi connectivity index (χ1n) is 4.04. The van der Waals surface area contributed by atoms with Gasteiger partial charge in [-0.2, -0.15) is 15.4 Å². The number of amides is 1. The van der Waals surface area contributed by atoms with Gasteiger partial charge >= 0.3 is 0 Å². The number of carbonyl (C=O) groups is 1. The van der Waals surface area contributed by atoms with Crippen molar-refractivity contribution in [1.29, 1.82) is 0 Å². The van der Waals surface area contributed by atoms with Crippen LogP contribution in [0.25, 0.3) is 0 Å². The Balaban J connectivity index is 2.19. The van der Waals surface area contributed by atoms with Gasteiger partial charge in [-0.05, 0) is 12.8 Å². The molecule has 0 aliphatic heterocycles. The third-order valence-electron chi connectivity index (χ3n) is 1.49. The summed E-state index contributed by atoms with van der Waals surface area (Å²) in [7, 11) is 0. The summed E-state index contributed by atoms with van der Waals surface area (Å²) in [6, 6.07) is 0. The first kappa shape index (κ1) is 9.98. The number of nitrogens with one attached hydrogen (secondary N) is 2. The number of H-pyrrole nitrogens is 1. The minimum Gasteiger partial charge on any atom is -0.351 e. The lowest BCUT2D eigenvalue weighted by molar-refractivity contribution is 0.0948. The van der Waals surface area contributed by atoms with Crippen molar-refractivity contribution in [3.8, 4) is 0 Å². The van der Waals surface area contributed by atoms with Crippen LogP contribution in [0.5, 0.6) is 0 Å². The highest BCUT2D eigenvalue weighted by atomic mass is 35.5. The smallest absolute Gasteiger partial charge is 0.273 e. The SMILES string of the molecule is O=C(NCCCCCl)c1cn[nH]n1. The number of unbranched alkanes of at least 4 members (excludes halogenated alkanes) is 1. The van der Waals surface area contributed by atoms with E-state index in [0.29, 0.717) is 18.1 Å². The van der Waals surface area contributed by atoms with Gasteiger partial charge in [0.05, 0.1) is 6.20 Å². The molecule has 0 aromatic carbocycles. The Bertz CT molecular complexity index is 249. The molecule has 0 spiro atoms. The van der Waals surface area contributed by atoms with E-state index in [9.17, 15) is 4.79 Å². The number of rotatable bonds is 5. The first-order chi connectivity index (χ1) is 6.34. The van der Waals surface area contributed by atoms with Crippen LogP contribution in [-0.2, 0) is 0 Å². The average molecular weight is 203 g/mol. The molecule has 1 rings (SSSR count). The van der Waals surface area contributed by atoms with E-state index < -0.39 is 0 Å². The van der Waals surface area contributed by atoms with Crippen molar-refractivity contribution in [3.63, 3.8) is 0 Å². The van der Waals surface area contributed by atoms with Crippen LogP contribution < -0.4 is 5.32 Å². The molecule has 0 saturated heterocycles. The lowest BCUT2D eigenvalue weighted by atomic mass is 10.3. The van der Waals surface area contributed by atoms with Gasteiger partial charge in [0.2, 0.25) is 0 Å². The van der Waals surface area contributed by atoms with E-state index in [2.05, 4.69) is 20.7 Å². The Labute approximate surface area is 80.9 Å². The largest absolute Gasteiger partial charge is 0.351 e. The van der Waals surface area contributed by atoms with Crippen molar-refractivity contribution in [1.82, 2.24) is 20.7 Å². The van der Waals surface area contributed by atoms with E-state index in [-0.39, 0.29) is 5.91 Å². The molecule has 1 aromatic heterocycles. The molecule has 0 bridgehead atoms. The lowest BCUT2D eigenvalue weighted by Crippen LogP contribution is -2.24. The third kappa shape index (κ3) is 3.42. The Morgan fingerprint density at radius 2 is 2.46 bits per heavy atom. The molecule has 1 aromatic rings. The molecule has 2 N–H and O–H groups in total. The molecule has 0 atom stereocenters. The summed E-state index contributed by atoms with van der Waals surface area (Å²) in [6.07, 6.45) is 3.17. The number of hydrogen-bond acceptors (Lipinski definition) is 3. The molecule has 6 heteroatoms. The normalized spacial score (nSPS) is 9.92. The summed E-state index contributed by atoms with van der Waals surface area (Å²) in [5, 5.41) is 12.2. The highest BCUT2D eigenvalue weighted by Gasteiger charge is 2.06. The second kappa shape index (κ2) is 5.53. The molecule has 0 radical (unpaired) electrons. The van der Waals surface area contributed by atoms with Crippen LogP contribution in [-0.4, -0.2) is 33.7 Å². The fraction of sp³-hybridized carbons (Fsp3) is 0.571. The minimum absolute atomic E-state index is 0.205. The zero-order valence-corrected chi connectivity index (χ0v) is 7.84. The summed E-state index contributed by atoms with van der Waals surface area (Å²) >= 11 is 5.48. The van der Waals surface area contributed by atoms with Gasteiger partial charge in [-0.25, -0.2) is 0 Å². The van der Waals surface area contributed by atoms with Crippen molar-refractivity contribution >= 4 is 17.5 Å². The molecule has 0 aliphatic rings. The zero-order valence-electron chi connectivity index (χ0n) is 7.09. The fourth-order valence-corrected chi connectivity index (χ4v) is 1.01. The predicted molar refractivity (Wildman–Crippen MR) is 48.7 cm³/mol. The van der Waals surface area contributed by atoms with E-state index in [0.717, 1.165) is 12.8 Å². The molecule has 0 unspecified atom stereocenters. The third-order valence-corrected chi connectivity index (χ3v) is 1.76. The number of carbonyl (C=O) groups excluding carboxylic acids is 1. The quantitative estimate of drug-likeness (QED) is 0.541. The van der Waals surface area contributed by atoms with Crippen LogP contribution in [0, 0.1) is 0 Å². The van der Waals surface area contributed by atoms with E-state index in [1.54, 1.807) is 0 Å². The summed E-state index contributed by atoms with van der Waals surface area (Å²) in [5.74, 6) is 0.420. The van der Waals surface area contributed by atoms with E-state index in [4.69, 9.17) is 11.6 Å². The van der Waals surface area contributed by atoms with Crippen LogP contribution in [0.15, 0.2) is 6.20 Å². The number of aromatic nitrogens is 3. The van der Waals surface area contributed by atoms with E-state index in [1.807, 2.05) is 0 Å². The number of halogens is 1. The van der Waals surface area contributed by atoms with Crippen LogP contribution in [0.4, 0.5) is 0 Å². The van der Waals surface area contributed by atoms with Crippen LogP contribution in [0.2, 0.25) is 0 Å². The molecule has 72 valence electrons. The van der Waals surface area contributed by atoms with Crippen LogP contribution >= 0.6 is 11.6 Å². The number of hydrogen-bond donors (Lipinski definition) is 2. The molecule has 0 aliphatic carbocycles. The van der Waals surface area contributed by atoms with Crippen molar-refractivity contribution in [2.45, 2.75) is 12.8 Å². The number of nitrogens with zero attached hydrogens (tertiary/aromatic N) is 2. The molecule has 0 saturated carbocycles. The number of aromatic amines is 1. The van der Waals surface area contributed by atoms with Gasteiger partial charge in [0.1, 0.15) is 0 Å². The minimum atomic E-state index is -0.205. The molecule has 0 fully saturated rings. The van der Waals surface area contributed by atoms with Gasteiger partial charge in [0.25, 0.3) is 5.91 Å². The Hall–Kier alpha value is -1.10. The Morgan fingerprint density at radius 3 is 3.08 bits per heavy atom. The van der Waals surface area contributed by atoms with E-state index >= 15 is 0 Å². The maximum Gasteiger partial charge on any atom is 0.273 e. The molecule has 1 amide bonds. The van der Waals surface area contributed by atoms with Crippen molar-refractivity contribution in [3.05, 3.63) is 11.9 Å². The molecular formula is C7H11ClN4O. The fourth-order valence-electron chi connectivity index (χ4n) is 0.823. The van der Waals surface area contributed by atoms with Crippen molar-refractivity contribution in [2.24, 2.45) is 0 Å². The predicted octanol–water partition coefficient (Wildman–Crippen LogP) is 0.553. The van der Waals surface area contributed by atoms with Crippen LogP contribution in [0.1, 0.15) is 23.3 Å². The van der Waals surface area contributed by atoms with Gasteiger partial charge in [0.15, 0.2) is 5.69 Å². The lowest BCUT2D eigenvalue weighted by Gasteiger charge is -2.00. The standard InChI is InChI=1S/C7H11ClN4O/c8-3-1-2-4-9-7(13)6-5-10-12-11-6/h5H,1-4H2,(H,9,13)(H,10,11,12). The van der Waals surface area contributed by atoms with E-state index in [1.165, 1.54) is 6.20 Å². The van der Waals surface area contributed by atoms with Gasteiger partial charge < -0.3 is 5.32 Å². The first-order valence-corrected chi connectivity index (χ1v) is 4.58. The van der Waals surface area contributed by atoms with Gasteiger partial charge in [-0.3, -0.25) is 4.79 Å². The van der Waals surface area contributed by atoms with Crippen molar-refractivity contribution < 1.29 is 4.79 Å². The van der Waals surface area contributed by atoms with Gasteiger partial charge in [-0.1, -0.05) is 0 Å². The van der Waals surface area contributed by atoms with Crippen molar-refractivity contribution in [2.75, 3.05) is 12.4 Å². The monoisotopic (exact) mass is 202 g/mol. The Kier molecular flexibility index (Phi) is 4.25. The molecule has 5 nitrogen and oxygen atoms in total. The maximum atomic E-state index is 11.2. The maximum absolute atomic E-state index is 11.2. The highest BCUT2D eigenvalue weighted by Crippen LogP contribution is 1.91. The summed E-state index contributed by atoms with van der Waals surface area (Å²) in [4.78, 5) is 11.2. The summed E-state index contributed by atoms with van der Waals surface area (Å²) < 4.78 is 0. The molecule has 13 heavy (non-hydrogen) atoms. The molecule has 1 heterocycles. The highest BCUT2D eigenvalue weighted by molar-refractivity contribution is 6.17. The van der Waals surface area contributed by atoms with Crippen LogP contribution in [0.3, 0.4) is 0 Å². The summed E-state index contributed by atoms with van der Waals surface area (Å²) in [5.41, 5.74) is 0.311. The second-order valence-corrected chi connectivity index (χ2v) is 2.89. The Morgan fingerprint density at radius 1 is 1.62 bits per heavy atom. The zero-order chi connectivity index (χ0) is 9.52. The molecular weight excluding hydrogens is 192 g/mol. The second-order valence-electron chi connectivity index (χ2n) is 2.51. The van der Waals surface area contributed by atoms with Gasteiger partial charge in [-0.15, -0.1) is 11.6 Å². The van der Waals surface area contributed by atoms with Gasteiger partial charge in [0, 0.05) is 12.4 Å². The number of alkyl halides is 1.